The van der Waals surface area contributed by atoms with E-state index in [9.17, 15) is 22.8 Å². The fraction of sp³-hybridized carbons (Fsp3) is 0.238. The Morgan fingerprint density at radius 3 is 2.64 bits per heavy atom. The van der Waals surface area contributed by atoms with E-state index in [1.54, 1.807) is 26.1 Å². The molecule has 0 saturated carbocycles. The van der Waals surface area contributed by atoms with Gasteiger partial charge in [0.05, 0.1) is 22.9 Å². The van der Waals surface area contributed by atoms with Gasteiger partial charge in [0.15, 0.2) is 17.7 Å². The summed E-state index contributed by atoms with van der Waals surface area (Å²) in [4.78, 5) is 31.4. The van der Waals surface area contributed by atoms with Gasteiger partial charge in [-0.1, -0.05) is 23.7 Å². The number of anilines is 1. The van der Waals surface area contributed by atoms with Crippen LogP contribution in [-0.4, -0.2) is 51.4 Å². The van der Waals surface area contributed by atoms with E-state index < -0.39 is 29.4 Å². The van der Waals surface area contributed by atoms with Crippen molar-refractivity contribution < 1.29 is 27.5 Å². The van der Waals surface area contributed by atoms with Crippen molar-refractivity contribution in [3.63, 3.8) is 0 Å². The molecule has 1 aliphatic heterocycles. The van der Waals surface area contributed by atoms with Crippen molar-refractivity contribution in [2.75, 3.05) is 19.0 Å². The van der Waals surface area contributed by atoms with Crippen LogP contribution < -0.4 is 5.32 Å². The lowest BCUT2D eigenvalue weighted by molar-refractivity contribution is -0.141. The van der Waals surface area contributed by atoms with Gasteiger partial charge >= 0.3 is 6.18 Å². The Kier molecular flexibility index (Phi) is 5.85. The highest BCUT2D eigenvalue weighted by molar-refractivity contribution is 6.32. The number of aromatic nitrogens is 3. The van der Waals surface area contributed by atoms with Gasteiger partial charge in [0.1, 0.15) is 5.69 Å². The van der Waals surface area contributed by atoms with Crippen LogP contribution in [0.1, 0.15) is 32.1 Å². The van der Waals surface area contributed by atoms with Crippen molar-refractivity contribution in [1.82, 2.24) is 19.7 Å². The zero-order valence-electron chi connectivity index (χ0n) is 17.4. The van der Waals surface area contributed by atoms with Crippen molar-refractivity contribution in [3.8, 4) is 5.82 Å². The number of nitrogens with zero attached hydrogens (tertiary/aromatic N) is 4. The Morgan fingerprint density at radius 1 is 1.27 bits per heavy atom. The second-order valence-corrected chi connectivity index (χ2v) is 7.70. The van der Waals surface area contributed by atoms with E-state index in [1.807, 2.05) is 0 Å². The Morgan fingerprint density at radius 2 is 2.00 bits per heavy atom. The molecule has 3 heterocycles. The third-order valence-corrected chi connectivity index (χ3v) is 5.28. The summed E-state index contributed by atoms with van der Waals surface area (Å²) < 4.78 is 46.0. The van der Waals surface area contributed by atoms with E-state index in [1.165, 1.54) is 29.3 Å². The highest BCUT2D eigenvalue weighted by Crippen LogP contribution is 2.31. The number of halogens is 4. The topological polar surface area (TPSA) is 92.7 Å². The Labute approximate surface area is 190 Å². The number of aryl methyl sites for hydroxylation is 1. The zero-order chi connectivity index (χ0) is 23.9. The van der Waals surface area contributed by atoms with E-state index >= 15 is 0 Å². The molecule has 1 saturated heterocycles. The number of hydrogen-bond acceptors (Lipinski definition) is 5. The van der Waals surface area contributed by atoms with E-state index in [0.717, 1.165) is 4.68 Å². The molecule has 33 heavy (non-hydrogen) atoms. The molecule has 1 fully saturated rings. The summed E-state index contributed by atoms with van der Waals surface area (Å²) in [5, 5.41) is 6.07. The third kappa shape index (κ3) is 4.55. The van der Waals surface area contributed by atoms with Crippen LogP contribution in [0.5, 0.6) is 0 Å². The molecule has 3 aromatic rings. The van der Waals surface area contributed by atoms with Gasteiger partial charge in [-0.2, -0.15) is 18.3 Å². The van der Waals surface area contributed by atoms with Crippen LogP contribution in [0.3, 0.4) is 0 Å². The number of benzene rings is 1. The molecule has 1 aromatic carbocycles. The third-order valence-electron chi connectivity index (χ3n) is 4.98. The summed E-state index contributed by atoms with van der Waals surface area (Å²) in [5.41, 5.74) is -0.880. The number of pyridine rings is 1. The average molecular weight is 480 g/mol. The van der Waals surface area contributed by atoms with Gasteiger partial charge in [-0.25, -0.2) is 9.67 Å². The molecule has 0 aliphatic carbocycles. The van der Waals surface area contributed by atoms with Gasteiger partial charge in [-0.15, -0.1) is 0 Å². The van der Waals surface area contributed by atoms with Crippen LogP contribution in [0.2, 0.25) is 5.02 Å². The first-order valence-corrected chi connectivity index (χ1v) is 10.0. The summed E-state index contributed by atoms with van der Waals surface area (Å²) in [5.74, 6) is -1.48. The second-order valence-electron chi connectivity index (χ2n) is 7.29. The van der Waals surface area contributed by atoms with Gasteiger partial charge in [0, 0.05) is 19.3 Å². The number of carbonyl (C=O) groups excluding carboxylic acids is 2. The Balaban J connectivity index is 1.75. The number of rotatable bonds is 5. The van der Waals surface area contributed by atoms with Gasteiger partial charge in [-0.3, -0.25) is 9.59 Å². The SMILES string of the molecule is Cc1cccc(C(=O)N(C)C2CO2)c1NC(=O)c1cc(C(F)(F)F)nn1-c1ncccc1Cl. The first kappa shape index (κ1) is 22.7. The number of nitrogens with one attached hydrogen (secondary N) is 1. The predicted molar refractivity (Wildman–Crippen MR) is 112 cm³/mol. The van der Waals surface area contributed by atoms with E-state index in [0.29, 0.717) is 18.2 Å². The molecule has 0 spiro atoms. The molecule has 8 nitrogen and oxygen atoms in total. The molecular weight excluding hydrogens is 463 g/mol. The minimum absolute atomic E-state index is 0.00110. The number of epoxide rings is 1. The number of para-hydroxylation sites is 1. The normalized spacial score (nSPS) is 15.3. The quantitative estimate of drug-likeness (QED) is 0.560. The van der Waals surface area contributed by atoms with Crippen molar-refractivity contribution in [3.05, 3.63) is 70.1 Å². The summed E-state index contributed by atoms with van der Waals surface area (Å²) >= 11 is 6.08. The molecule has 0 radical (unpaired) electrons. The molecular formula is C21H17ClF3N5O3. The number of likely N-dealkylation sites (N-methyl/N-ethyl adjacent to an activating group) is 1. The van der Waals surface area contributed by atoms with Crippen LogP contribution in [0.25, 0.3) is 5.82 Å². The summed E-state index contributed by atoms with van der Waals surface area (Å²) in [6.07, 6.45) is -3.85. The van der Waals surface area contributed by atoms with E-state index in [-0.39, 0.29) is 28.3 Å². The molecule has 0 bridgehead atoms. The zero-order valence-corrected chi connectivity index (χ0v) is 18.1. The molecule has 12 heteroatoms. The predicted octanol–water partition coefficient (Wildman–Crippen LogP) is 3.93. The highest BCUT2D eigenvalue weighted by Gasteiger charge is 2.37. The first-order chi connectivity index (χ1) is 15.6. The van der Waals surface area contributed by atoms with Crippen molar-refractivity contribution in [1.29, 1.82) is 0 Å². The summed E-state index contributed by atoms with van der Waals surface area (Å²) in [6, 6.07) is 8.31. The average Bonchev–Trinajstić information content (AvgIpc) is 3.51. The standard InChI is InChI=1S/C21H17ClF3N5O3/c1-11-5-3-6-12(20(32)29(2)16-10-33-16)17(11)27-19(31)14-9-15(21(23,24)25)28-30(14)18-13(22)7-4-8-26-18/h3-9,16H,10H2,1-2H3,(H,27,31). The maximum atomic E-state index is 13.4. The lowest BCUT2D eigenvalue weighted by Crippen LogP contribution is -2.31. The van der Waals surface area contributed by atoms with E-state index in [2.05, 4.69) is 15.4 Å². The van der Waals surface area contributed by atoms with Crippen molar-refractivity contribution in [2.24, 2.45) is 0 Å². The monoisotopic (exact) mass is 479 g/mol. The largest absolute Gasteiger partial charge is 0.435 e. The second kappa shape index (κ2) is 8.49. The number of alkyl halides is 3. The summed E-state index contributed by atoms with van der Waals surface area (Å²) in [6.45, 7) is 2.06. The first-order valence-electron chi connectivity index (χ1n) is 9.66. The smallest absolute Gasteiger partial charge is 0.351 e. The van der Waals surface area contributed by atoms with Crippen LogP contribution >= 0.6 is 11.6 Å². The molecule has 1 N–H and O–H groups in total. The number of carbonyl (C=O) groups is 2. The lowest BCUT2D eigenvalue weighted by Gasteiger charge is -2.18. The van der Waals surface area contributed by atoms with Gasteiger partial charge in [0.25, 0.3) is 11.8 Å². The van der Waals surface area contributed by atoms with Crippen LogP contribution in [0.15, 0.2) is 42.6 Å². The van der Waals surface area contributed by atoms with Gasteiger partial charge < -0.3 is 15.0 Å². The Bertz CT molecular complexity index is 1240. The Hall–Kier alpha value is -3.44. The maximum Gasteiger partial charge on any atom is 0.435 e. The molecule has 1 atom stereocenters. The molecule has 4 rings (SSSR count). The number of amides is 2. The molecule has 172 valence electrons. The molecule has 1 unspecified atom stereocenters. The van der Waals surface area contributed by atoms with Crippen LogP contribution in [0.4, 0.5) is 18.9 Å². The molecule has 2 aromatic heterocycles. The number of hydrogen-bond donors (Lipinski definition) is 1. The lowest BCUT2D eigenvalue weighted by atomic mass is 10.1. The maximum absolute atomic E-state index is 13.4. The van der Waals surface area contributed by atoms with Gasteiger partial charge in [0.2, 0.25) is 0 Å². The summed E-state index contributed by atoms with van der Waals surface area (Å²) in [7, 11) is 1.56. The van der Waals surface area contributed by atoms with Gasteiger partial charge in [-0.05, 0) is 30.7 Å². The van der Waals surface area contributed by atoms with Crippen molar-refractivity contribution in [2.45, 2.75) is 19.3 Å². The minimum atomic E-state index is -4.81. The highest BCUT2D eigenvalue weighted by atomic mass is 35.5. The molecule has 2 amide bonds. The fourth-order valence-electron chi connectivity index (χ4n) is 3.15. The van der Waals surface area contributed by atoms with Crippen LogP contribution in [0, 0.1) is 6.92 Å². The van der Waals surface area contributed by atoms with Crippen LogP contribution in [-0.2, 0) is 10.9 Å². The van der Waals surface area contributed by atoms with E-state index in [4.69, 9.17) is 16.3 Å². The van der Waals surface area contributed by atoms with Crippen molar-refractivity contribution >= 4 is 29.1 Å². The number of ether oxygens (including phenoxy) is 1. The fourth-order valence-corrected chi connectivity index (χ4v) is 3.35. The molecule has 1 aliphatic rings. The minimum Gasteiger partial charge on any atom is -0.351 e.